The molecule has 0 saturated heterocycles. The molecule has 0 aromatic rings. The molecule has 6 nitrogen and oxygen atoms in total. The van der Waals surface area contributed by atoms with Gasteiger partial charge in [0.2, 0.25) is 0 Å². The van der Waals surface area contributed by atoms with Crippen LogP contribution in [0.1, 0.15) is 19.8 Å². The fourth-order valence-electron chi connectivity index (χ4n) is 1.45. The molecule has 0 radical (unpaired) electrons. The minimum atomic E-state index is -2.12. The number of allylic oxidation sites excluding steroid dienone is 4. The third-order valence-corrected chi connectivity index (χ3v) is 2.52. The number of carbonyl (C=O) groups is 2. The summed E-state index contributed by atoms with van der Waals surface area (Å²) in [6.45, 7) is 1.09. The van der Waals surface area contributed by atoms with Crippen LogP contribution in [-0.2, 0) is 9.59 Å². The molecule has 18 heavy (non-hydrogen) atoms. The fourth-order valence-corrected chi connectivity index (χ4v) is 1.45. The largest absolute Gasteiger partial charge is 0.480 e. The lowest BCUT2D eigenvalue weighted by molar-refractivity contribution is -0.167. The molecule has 0 unspecified atom stereocenters. The second kappa shape index (κ2) is 7.62. The first-order valence-electron chi connectivity index (χ1n) is 5.44. The average molecular weight is 258 g/mol. The number of rotatable bonds is 8. The summed E-state index contributed by atoms with van der Waals surface area (Å²) in [6, 6.07) is 0. The van der Waals surface area contributed by atoms with Crippen LogP contribution in [0.3, 0.4) is 0 Å². The van der Waals surface area contributed by atoms with Gasteiger partial charge in [-0.05, 0) is 13.3 Å². The summed E-state index contributed by atoms with van der Waals surface area (Å²) in [5.41, 5.74) is -2.12. The first-order chi connectivity index (χ1) is 8.40. The highest BCUT2D eigenvalue weighted by atomic mass is 16.4. The zero-order chi connectivity index (χ0) is 14.2. The maximum absolute atomic E-state index is 11.2. The van der Waals surface area contributed by atoms with Crippen LogP contribution in [0.5, 0.6) is 0 Å². The predicted octanol–water partition coefficient (Wildman–Crippen LogP) is 0.408. The van der Waals surface area contributed by atoms with E-state index in [4.69, 9.17) is 15.3 Å². The molecule has 6 heteroatoms. The number of carboxylic acids is 2. The van der Waals surface area contributed by atoms with Crippen molar-refractivity contribution in [1.29, 1.82) is 0 Å². The van der Waals surface area contributed by atoms with Crippen molar-refractivity contribution in [3.05, 3.63) is 24.3 Å². The van der Waals surface area contributed by atoms with E-state index in [0.717, 1.165) is 0 Å². The van der Waals surface area contributed by atoms with Crippen LogP contribution >= 0.6 is 0 Å². The normalized spacial score (nSPS) is 14.2. The van der Waals surface area contributed by atoms with Crippen molar-refractivity contribution in [2.45, 2.75) is 25.9 Å². The smallest absolute Gasteiger partial charge is 0.321 e. The Morgan fingerprint density at radius 3 is 2.17 bits per heavy atom. The molecule has 0 aliphatic carbocycles. The Morgan fingerprint density at radius 2 is 1.78 bits per heavy atom. The number of aliphatic hydroxyl groups is 2. The zero-order valence-electron chi connectivity index (χ0n) is 10.1. The van der Waals surface area contributed by atoms with Gasteiger partial charge in [0.1, 0.15) is 0 Å². The standard InChI is InChI=1S/C12H18O6/c1-2-3-4-5-6-12(10(15)16,11(17)18)7-9(14)8-13/h2-5,9,13-14H,6-8H2,1H3,(H,15,16)(H,17,18)/b3-2+,5-4+/t9-/m0/s1. The molecule has 0 bridgehead atoms. The van der Waals surface area contributed by atoms with Crippen molar-refractivity contribution in [2.24, 2.45) is 5.41 Å². The number of aliphatic hydroxyl groups excluding tert-OH is 2. The topological polar surface area (TPSA) is 115 Å². The van der Waals surface area contributed by atoms with E-state index >= 15 is 0 Å². The molecule has 0 amide bonds. The van der Waals surface area contributed by atoms with Gasteiger partial charge in [-0.1, -0.05) is 24.3 Å². The molecule has 0 fully saturated rings. The molecule has 0 aliphatic heterocycles. The van der Waals surface area contributed by atoms with E-state index in [1.54, 1.807) is 19.1 Å². The lowest BCUT2D eigenvalue weighted by Gasteiger charge is -2.25. The van der Waals surface area contributed by atoms with Crippen molar-refractivity contribution < 1.29 is 30.0 Å². The first kappa shape index (κ1) is 16.3. The Labute approximate surface area is 105 Å². The van der Waals surface area contributed by atoms with Crippen molar-refractivity contribution in [2.75, 3.05) is 6.61 Å². The van der Waals surface area contributed by atoms with E-state index in [0.29, 0.717) is 0 Å². The predicted molar refractivity (Wildman–Crippen MR) is 64.0 cm³/mol. The summed E-state index contributed by atoms with van der Waals surface area (Å²) in [6.07, 6.45) is 4.09. The van der Waals surface area contributed by atoms with Gasteiger partial charge in [0.25, 0.3) is 0 Å². The third kappa shape index (κ3) is 4.31. The van der Waals surface area contributed by atoms with Crippen molar-refractivity contribution >= 4 is 11.9 Å². The van der Waals surface area contributed by atoms with Crippen molar-refractivity contribution in [3.8, 4) is 0 Å². The Bertz CT molecular complexity index is 330. The van der Waals surface area contributed by atoms with E-state index in [1.165, 1.54) is 12.2 Å². The van der Waals surface area contributed by atoms with Gasteiger partial charge in [-0.25, -0.2) is 0 Å². The fraction of sp³-hybridized carbons (Fsp3) is 0.500. The number of hydrogen-bond donors (Lipinski definition) is 4. The van der Waals surface area contributed by atoms with Crippen LogP contribution in [0.25, 0.3) is 0 Å². The summed E-state index contributed by atoms with van der Waals surface area (Å²) < 4.78 is 0. The molecular formula is C12H18O6. The van der Waals surface area contributed by atoms with Crippen LogP contribution in [0, 0.1) is 5.41 Å². The van der Waals surface area contributed by atoms with E-state index < -0.39 is 36.5 Å². The molecule has 4 N–H and O–H groups in total. The van der Waals surface area contributed by atoms with E-state index in [9.17, 15) is 14.7 Å². The summed E-state index contributed by atoms with van der Waals surface area (Å²) >= 11 is 0. The van der Waals surface area contributed by atoms with Crippen LogP contribution in [0.2, 0.25) is 0 Å². The Balaban J connectivity index is 5.10. The molecular weight excluding hydrogens is 240 g/mol. The molecule has 0 aromatic carbocycles. The summed E-state index contributed by atoms with van der Waals surface area (Å²) in [5.74, 6) is -3.07. The van der Waals surface area contributed by atoms with E-state index in [1.807, 2.05) is 0 Å². The van der Waals surface area contributed by atoms with Gasteiger partial charge in [-0.3, -0.25) is 9.59 Å². The molecule has 102 valence electrons. The lowest BCUT2D eigenvalue weighted by Crippen LogP contribution is -2.42. The second-order valence-electron chi connectivity index (χ2n) is 3.89. The number of aliphatic carboxylic acids is 2. The summed E-state index contributed by atoms with van der Waals surface area (Å²) in [4.78, 5) is 22.3. The minimum absolute atomic E-state index is 0.265. The molecule has 0 spiro atoms. The quantitative estimate of drug-likeness (QED) is 0.370. The first-order valence-corrected chi connectivity index (χ1v) is 5.44. The maximum atomic E-state index is 11.2. The maximum Gasteiger partial charge on any atom is 0.321 e. The highest BCUT2D eigenvalue weighted by Crippen LogP contribution is 2.30. The van der Waals surface area contributed by atoms with Crippen LogP contribution in [0.15, 0.2) is 24.3 Å². The van der Waals surface area contributed by atoms with Gasteiger partial charge in [0.15, 0.2) is 5.41 Å². The van der Waals surface area contributed by atoms with Gasteiger partial charge in [-0.15, -0.1) is 0 Å². The van der Waals surface area contributed by atoms with Gasteiger partial charge in [0.05, 0.1) is 12.7 Å². The Hall–Kier alpha value is -1.66. The third-order valence-electron chi connectivity index (χ3n) is 2.52. The number of hydrogen-bond acceptors (Lipinski definition) is 4. The summed E-state index contributed by atoms with van der Waals surface area (Å²) in [5, 5.41) is 36.1. The SMILES string of the molecule is C/C=C/C=C/CC(C[C@H](O)CO)(C(=O)O)C(=O)O. The van der Waals surface area contributed by atoms with Gasteiger partial charge in [0, 0.05) is 6.42 Å². The molecule has 0 heterocycles. The number of carboxylic acid groups (broad SMARTS) is 2. The Kier molecular flexibility index (Phi) is 6.92. The van der Waals surface area contributed by atoms with Gasteiger partial charge < -0.3 is 20.4 Å². The zero-order valence-corrected chi connectivity index (χ0v) is 10.1. The minimum Gasteiger partial charge on any atom is -0.480 e. The van der Waals surface area contributed by atoms with E-state index in [2.05, 4.69) is 0 Å². The molecule has 1 atom stereocenters. The van der Waals surface area contributed by atoms with Gasteiger partial charge >= 0.3 is 11.9 Å². The van der Waals surface area contributed by atoms with Gasteiger partial charge in [-0.2, -0.15) is 0 Å². The molecule has 0 rings (SSSR count). The highest BCUT2D eigenvalue weighted by molar-refractivity contribution is 5.98. The van der Waals surface area contributed by atoms with Crippen LogP contribution in [0.4, 0.5) is 0 Å². The molecule has 0 aromatic heterocycles. The Morgan fingerprint density at radius 1 is 1.22 bits per heavy atom. The van der Waals surface area contributed by atoms with Crippen molar-refractivity contribution in [3.63, 3.8) is 0 Å². The lowest BCUT2D eigenvalue weighted by atomic mass is 9.79. The summed E-state index contributed by atoms with van der Waals surface area (Å²) in [7, 11) is 0. The van der Waals surface area contributed by atoms with Crippen LogP contribution in [-0.4, -0.2) is 45.1 Å². The molecule has 0 aliphatic rings. The molecule has 0 saturated carbocycles. The van der Waals surface area contributed by atoms with Crippen LogP contribution < -0.4 is 0 Å². The monoisotopic (exact) mass is 258 g/mol. The average Bonchev–Trinajstić information content (AvgIpc) is 2.31. The van der Waals surface area contributed by atoms with E-state index in [-0.39, 0.29) is 6.42 Å². The highest BCUT2D eigenvalue weighted by Gasteiger charge is 2.46. The second-order valence-corrected chi connectivity index (χ2v) is 3.89. The van der Waals surface area contributed by atoms with Crippen molar-refractivity contribution in [1.82, 2.24) is 0 Å².